The monoisotopic (exact) mass is 386 g/mol. The molecule has 0 radical (unpaired) electrons. The second-order valence-corrected chi connectivity index (χ2v) is 8.42. The summed E-state index contributed by atoms with van der Waals surface area (Å²) in [6.07, 6.45) is 4.48. The zero-order valence-corrected chi connectivity index (χ0v) is 17.5. The summed E-state index contributed by atoms with van der Waals surface area (Å²) in [5, 5.41) is 6.43. The summed E-state index contributed by atoms with van der Waals surface area (Å²) in [4.78, 5) is 7.65. The highest BCUT2D eigenvalue weighted by atomic mass is 16.5. The van der Waals surface area contributed by atoms with Crippen LogP contribution in [-0.2, 0) is 0 Å². The van der Waals surface area contributed by atoms with E-state index in [1.165, 1.54) is 50.3 Å². The fourth-order valence-corrected chi connectivity index (χ4v) is 4.76. The van der Waals surface area contributed by atoms with Crippen LogP contribution in [0.4, 0.5) is 11.4 Å². The zero-order chi connectivity index (χ0) is 19.7. The molecule has 1 unspecified atom stereocenters. The molecule has 1 aromatic carbocycles. The summed E-state index contributed by atoms with van der Waals surface area (Å²) in [7, 11) is 5.93. The highest BCUT2D eigenvalue weighted by Gasteiger charge is 2.29. The van der Waals surface area contributed by atoms with Crippen molar-refractivity contribution in [3.05, 3.63) is 17.7 Å². The number of nitrogens with zero attached hydrogens (tertiary/aromatic N) is 5. The second-order valence-electron chi connectivity index (χ2n) is 8.42. The van der Waals surface area contributed by atoms with Gasteiger partial charge in [0.25, 0.3) is 0 Å². The minimum absolute atomic E-state index is 0.281. The smallest absolute Gasteiger partial charge is 0.143 e. The minimum atomic E-state index is 0.281. The van der Waals surface area contributed by atoms with Crippen molar-refractivity contribution in [1.29, 1.82) is 0 Å². The Morgan fingerprint density at radius 2 is 1.75 bits per heavy atom. The van der Waals surface area contributed by atoms with Crippen molar-refractivity contribution < 1.29 is 4.74 Å². The van der Waals surface area contributed by atoms with Crippen molar-refractivity contribution in [2.75, 3.05) is 77.7 Å². The van der Waals surface area contributed by atoms with E-state index in [4.69, 9.17) is 10.5 Å². The standard InChI is InChI=1S/C21H34N6O/c1-24-8-10-26(11-9-24)17-4-6-27(7-5-17)20-13-21(28-3)19(22)12-18(20)16-14-23-25(2)15-16/h12-14,16-17H,4-11,15,22H2,1-3H3. The number of piperazine rings is 1. The lowest BCUT2D eigenvalue weighted by molar-refractivity contribution is 0.0982. The molecular formula is C21H34N6O. The van der Waals surface area contributed by atoms with Gasteiger partial charge in [0.1, 0.15) is 5.75 Å². The Balaban J connectivity index is 1.50. The molecule has 2 saturated heterocycles. The molecule has 0 aliphatic carbocycles. The lowest BCUT2D eigenvalue weighted by Gasteiger charge is -2.43. The molecule has 3 aliphatic rings. The van der Waals surface area contributed by atoms with E-state index in [0.717, 1.165) is 25.4 Å². The first-order valence-corrected chi connectivity index (χ1v) is 10.5. The van der Waals surface area contributed by atoms with Crippen LogP contribution in [0.15, 0.2) is 17.2 Å². The number of nitrogens with two attached hydrogens (primary N) is 1. The summed E-state index contributed by atoms with van der Waals surface area (Å²) in [5.74, 6) is 1.05. The lowest BCUT2D eigenvalue weighted by atomic mass is 9.94. The van der Waals surface area contributed by atoms with E-state index >= 15 is 0 Å². The van der Waals surface area contributed by atoms with Crippen LogP contribution in [0.3, 0.4) is 0 Å². The fourth-order valence-electron chi connectivity index (χ4n) is 4.76. The van der Waals surface area contributed by atoms with E-state index in [2.05, 4.69) is 39.0 Å². The average molecular weight is 387 g/mol. The maximum Gasteiger partial charge on any atom is 0.143 e. The van der Waals surface area contributed by atoms with Gasteiger partial charge < -0.3 is 20.3 Å². The van der Waals surface area contributed by atoms with Crippen LogP contribution in [0, 0.1) is 0 Å². The van der Waals surface area contributed by atoms with Gasteiger partial charge in [-0.2, -0.15) is 5.10 Å². The van der Waals surface area contributed by atoms with E-state index in [1.807, 2.05) is 18.3 Å². The first-order valence-electron chi connectivity index (χ1n) is 10.5. The number of hydrogen-bond acceptors (Lipinski definition) is 7. The van der Waals surface area contributed by atoms with Crippen LogP contribution in [-0.4, -0.2) is 94.1 Å². The largest absolute Gasteiger partial charge is 0.495 e. The second kappa shape index (κ2) is 8.17. The van der Waals surface area contributed by atoms with Gasteiger partial charge in [-0.3, -0.25) is 9.91 Å². The Morgan fingerprint density at radius 1 is 1.04 bits per heavy atom. The number of anilines is 2. The molecule has 4 rings (SSSR count). The van der Waals surface area contributed by atoms with Gasteiger partial charge in [0.2, 0.25) is 0 Å². The van der Waals surface area contributed by atoms with Crippen LogP contribution in [0.25, 0.3) is 0 Å². The van der Waals surface area contributed by atoms with Gasteiger partial charge in [0.05, 0.1) is 12.8 Å². The van der Waals surface area contributed by atoms with Crippen molar-refractivity contribution >= 4 is 17.6 Å². The molecule has 0 amide bonds. The topological polar surface area (TPSA) is 60.6 Å². The van der Waals surface area contributed by atoms with E-state index in [-0.39, 0.29) is 5.92 Å². The maximum atomic E-state index is 6.25. The summed E-state index contributed by atoms with van der Waals surface area (Å²) < 4.78 is 5.53. The highest BCUT2D eigenvalue weighted by molar-refractivity contribution is 5.78. The van der Waals surface area contributed by atoms with Crippen molar-refractivity contribution in [3.63, 3.8) is 0 Å². The van der Waals surface area contributed by atoms with Crippen LogP contribution in [0.2, 0.25) is 0 Å². The number of likely N-dealkylation sites (N-methyl/N-ethyl adjacent to an activating group) is 2. The van der Waals surface area contributed by atoms with Gasteiger partial charge >= 0.3 is 0 Å². The molecule has 2 fully saturated rings. The summed E-state index contributed by atoms with van der Waals surface area (Å²) in [6, 6.07) is 4.94. The van der Waals surface area contributed by atoms with Crippen LogP contribution < -0.4 is 15.4 Å². The number of rotatable bonds is 4. The van der Waals surface area contributed by atoms with Crippen molar-refractivity contribution in [2.45, 2.75) is 24.8 Å². The molecule has 7 nitrogen and oxygen atoms in total. The van der Waals surface area contributed by atoms with E-state index in [9.17, 15) is 0 Å². The lowest BCUT2D eigenvalue weighted by Crippen LogP contribution is -2.52. The molecule has 0 aromatic heterocycles. The SMILES string of the molecule is COc1cc(N2CCC(N3CCN(C)CC3)CC2)c(C2C=NN(C)C2)cc1N. The predicted molar refractivity (Wildman–Crippen MR) is 116 cm³/mol. The van der Waals surface area contributed by atoms with E-state index < -0.39 is 0 Å². The molecule has 1 aromatic rings. The number of hydrogen-bond donors (Lipinski definition) is 1. The molecule has 3 heterocycles. The third-order valence-electron chi connectivity index (χ3n) is 6.54. The third kappa shape index (κ3) is 3.91. The third-order valence-corrected chi connectivity index (χ3v) is 6.54. The molecule has 0 bridgehead atoms. The minimum Gasteiger partial charge on any atom is -0.495 e. The first kappa shape index (κ1) is 19.3. The fraction of sp³-hybridized carbons (Fsp3) is 0.667. The zero-order valence-electron chi connectivity index (χ0n) is 17.5. The average Bonchev–Trinajstić information content (AvgIpc) is 3.15. The number of piperidine rings is 1. The van der Waals surface area contributed by atoms with Gasteiger partial charge in [-0.05, 0) is 31.5 Å². The maximum absolute atomic E-state index is 6.25. The van der Waals surface area contributed by atoms with Gasteiger partial charge in [0.15, 0.2) is 0 Å². The molecule has 154 valence electrons. The van der Waals surface area contributed by atoms with Gasteiger partial charge in [-0.25, -0.2) is 0 Å². The summed E-state index contributed by atoms with van der Waals surface area (Å²) >= 11 is 0. The normalized spacial score (nSPS) is 24.9. The number of benzene rings is 1. The molecule has 2 N–H and O–H groups in total. The molecule has 3 aliphatic heterocycles. The Morgan fingerprint density at radius 3 is 2.36 bits per heavy atom. The van der Waals surface area contributed by atoms with Gasteiger partial charge in [-0.1, -0.05) is 0 Å². The molecule has 0 spiro atoms. The summed E-state index contributed by atoms with van der Waals surface area (Å²) in [5.41, 5.74) is 9.48. The summed E-state index contributed by atoms with van der Waals surface area (Å²) in [6.45, 7) is 7.84. The molecular weight excluding hydrogens is 352 g/mol. The van der Waals surface area contributed by atoms with Gasteiger partial charge in [0, 0.05) is 82.8 Å². The van der Waals surface area contributed by atoms with Crippen LogP contribution in [0.1, 0.15) is 24.3 Å². The Hall–Kier alpha value is -1.99. The Labute approximate surface area is 168 Å². The first-order chi connectivity index (χ1) is 13.5. The van der Waals surface area contributed by atoms with E-state index in [1.54, 1.807) is 7.11 Å². The van der Waals surface area contributed by atoms with Gasteiger partial charge in [-0.15, -0.1) is 0 Å². The molecule has 7 heteroatoms. The Kier molecular flexibility index (Phi) is 5.64. The van der Waals surface area contributed by atoms with Crippen molar-refractivity contribution in [3.8, 4) is 5.75 Å². The Bertz CT molecular complexity index is 707. The molecule has 1 atom stereocenters. The quantitative estimate of drug-likeness (QED) is 0.792. The predicted octanol–water partition coefficient (Wildman–Crippen LogP) is 1.51. The number of nitrogen functional groups attached to an aromatic ring is 1. The van der Waals surface area contributed by atoms with E-state index in [0.29, 0.717) is 11.7 Å². The van der Waals surface area contributed by atoms with Crippen molar-refractivity contribution in [2.24, 2.45) is 5.10 Å². The van der Waals surface area contributed by atoms with Crippen LogP contribution in [0.5, 0.6) is 5.75 Å². The van der Waals surface area contributed by atoms with Crippen LogP contribution >= 0.6 is 0 Å². The molecule has 0 saturated carbocycles. The van der Waals surface area contributed by atoms with Crippen molar-refractivity contribution in [1.82, 2.24) is 14.8 Å². The number of ether oxygens (including phenoxy) is 1. The highest BCUT2D eigenvalue weighted by Crippen LogP contribution is 2.38. The number of hydrazone groups is 1. The number of methoxy groups -OCH3 is 1. The molecule has 28 heavy (non-hydrogen) atoms.